The lowest BCUT2D eigenvalue weighted by Crippen LogP contribution is -2.25. The minimum Gasteiger partial charge on any atom is -0.0654 e. The van der Waals surface area contributed by atoms with E-state index in [0.717, 1.165) is 12.8 Å². The van der Waals surface area contributed by atoms with Gasteiger partial charge >= 0.3 is 0 Å². The van der Waals surface area contributed by atoms with E-state index in [0.29, 0.717) is 0 Å². The molecule has 1 aliphatic rings. The molecule has 0 unspecified atom stereocenters. The van der Waals surface area contributed by atoms with E-state index in [2.05, 4.69) is 281 Å². The molecule has 0 saturated carbocycles. The highest BCUT2D eigenvalue weighted by atomic mass is 14.5. The van der Waals surface area contributed by atoms with E-state index in [1.165, 1.54) is 163 Å². The summed E-state index contributed by atoms with van der Waals surface area (Å²) in [4.78, 5) is 0. The molecule has 0 bridgehead atoms. The lowest BCUT2D eigenvalue weighted by Gasteiger charge is -2.33. The van der Waals surface area contributed by atoms with Crippen LogP contribution in [0.15, 0.2) is 267 Å². The van der Waals surface area contributed by atoms with Gasteiger partial charge < -0.3 is 0 Å². The van der Waals surface area contributed by atoms with Gasteiger partial charge in [0.15, 0.2) is 0 Å². The lowest BCUT2D eigenvalue weighted by molar-refractivity contribution is 0.401. The summed E-state index contributed by atoms with van der Waals surface area (Å²) in [6.07, 6.45) is 12.3. The summed E-state index contributed by atoms with van der Waals surface area (Å²) >= 11 is 0. The molecule has 10 aromatic rings. The van der Waals surface area contributed by atoms with Crippen molar-refractivity contribution in [2.24, 2.45) is 0 Å². The predicted octanol–water partition coefficient (Wildman–Crippen LogP) is 21.2. The first-order chi connectivity index (χ1) is 38.1. The van der Waals surface area contributed by atoms with Crippen LogP contribution in [0, 0.1) is 0 Å². The topological polar surface area (TPSA) is 0 Å². The maximum absolute atomic E-state index is 2.60. The predicted molar refractivity (Wildman–Crippen MR) is 330 cm³/mol. The van der Waals surface area contributed by atoms with Crippen molar-refractivity contribution in [3.05, 3.63) is 323 Å². The third kappa shape index (κ3) is 10.9. The summed E-state index contributed by atoms with van der Waals surface area (Å²) in [5.74, 6) is 0. The van der Waals surface area contributed by atoms with Gasteiger partial charge in [-0.05, 0) is 136 Å². The first-order valence-electron chi connectivity index (χ1n) is 28.5. The van der Waals surface area contributed by atoms with Gasteiger partial charge in [0.05, 0.1) is 0 Å². The smallest absolute Gasteiger partial charge is 0.0215 e. The van der Waals surface area contributed by atoms with Crippen LogP contribution in [0.2, 0.25) is 0 Å². The van der Waals surface area contributed by atoms with E-state index < -0.39 is 0 Å². The van der Waals surface area contributed by atoms with Gasteiger partial charge in [-0.2, -0.15) is 0 Å². The Morgan fingerprint density at radius 1 is 0.247 bits per heavy atom. The van der Waals surface area contributed by atoms with Crippen LogP contribution in [-0.4, -0.2) is 0 Å². The molecule has 0 radical (unpaired) electrons. The number of hydrogen-bond donors (Lipinski definition) is 0. The summed E-state index contributed by atoms with van der Waals surface area (Å²) in [6, 6.07) is 99.2. The Balaban J connectivity index is 1.00. The Bertz CT molecular complexity index is 3240. The fourth-order valence-corrected chi connectivity index (χ4v) is 12.3. The average Bonchev–Trinajstić information content (AvgIpc) is 3.89. The van der Waals surface area contributed by atoms with E-state index in [4.69, 9.17) is 0 Å². The average molecular weight is 995 g/mol. The number of benzene rings is 10. The SMILES string of the molecule is CCCCCCC1(CCCCCC)c2cc(-c3ccc(C(=C(c4ccccc4)c4ccccc4)c4ccccc4)cc3)ccc2-c2ccc(-c3ccc(C(=C(c4ccccc4)c4ccccc4)c4ccccc4)cc3)cc21. The lowest BCUT2D eigenvalue weighted by atomic mass is 9.70. The van der Waals surface area contributed by atoms with Gasteiger partial charge in [-0.25, -0.2) is 0 Å². The number of hydrogen-bond acceptors (Lipinski definition) is 0. The molecule has 0 amide bonds. The second kappa shape index (κ2) is 24.1. The van der Waals surface area contributed by atoms with Crippen LogP contribution in [0.4, 0.5) is 0 Å². The van der Waals surface area contributed by atoms with Crippen LogP contribution in [-0.2, 0) is 5.41 Å². The van der Waals surface area contributed by atoms with Crippen LogP contribution >= 0.6 is 0 Å². The van der Waals surface area contributed by atoms with Crippen molar-refractivity contribution in [1.82, 2.24) is 0 Å². The van der Waals surface area contributed by atoms with Crippen molar-refractivity contribution in [1.29, 1.82) is 0 Å². The largest absolute Gasteiger partial charge is 0.0654 e. The summed E-state index contributed by atoms with van der Waals surface area (Å²) in [6.45, 7) is 4.67. The van der Waals surface area contributed by atoms with Crippen molar-refractivity contribution in [3.8, 4) is 33.4 Å². The summed E-state index contributed by atoms with van der Waals surface area (Å²) < 4.78 is 0. The van der Waals surface area contributed by atoms with E-state index in [-0.39, 0.29) is 5.41 Å². The standard InChI is InChI=1S/C77H70/c1-3-5-7-27-53-77(54-28-8-6-4-2)71-55-67(57-41-45-65(46-42-57)75(63-37-23-13-24-38-63)73(59-29-15-9-16-30-59)60-31-17-10-18-32-60)49-51-69(71)70-52-50-68(56-72(70)77)58-43-47-66(48-44-58)76(64-39-25-14-26-40-64)74(61-33-19-11-20-34-61)62-35-21-12-22-36-62/h9-26,29-52,55-56H,3-8,27-28,53-54H2,1-2H3. The fraction of sp³-hybridized carbons (Fsp3) is 0.169. The van der Waals surface area contributed by atoms with Gasteiger partial charge in [0.2, 0.25) is 0 Å². The molecule has 0 atom stereocenters. The Morgan fingerprint density at radius 2 is 0.494 bits per heavy atom. The maximum atomic E-state index is 2.60. The third-order valence-corrected chi connectivity index (χ3v) is 16.2. The molecular weight excluding hydrogens is 925 g/mol. The van der Waals surface area contributed by atoms with Gasteiger partial charge in [-0.1, -0.05) is 320 Å². The van der Waals surface area contributed by atoms with Crippen molar-refractivity contribution < 1.29 is 0 Å². The van der Waals surface area contributed by atoms with E-state index in [9.17, 15) is 0 Å². The maximum Gasteiger partial charge on any atom is 0.0215 e. The fourth-order valence-electron chi connectivity index (χ4n) is 12.3. The molecule has 0 N–H and O–H groups in total. The number of fused-ring (bicyclic) bond motifs is 3. The van der Waals surface area contributed by atoms with Gasteiger partial charge in [-0.3, -0.25) is 0 Å². The van der Waals surface area contributed by atoms with Crippen LogP contribution < -0.4 is 0 Å². The van der Waals surface area contributed by atoms with E-state index >= 15 is 0 Å². The Kier molecular flexibility index (Phi) is 15.9. The number of rotatable bonds is 20. The molecule has 0 spiro atoms. The molecule has 0 heterocycles. The van der Waals surface area contributed by atoms with Gasteiger partial charge in [0, 0.05) is 5.41 Å². The molecule has 77 heavy (non-hydrogen) atoms. The summed E-state index contributed by atoms with van der Waals surface area (Å²) in [7, 11) is 0. The summed E-state index contributed by atoms with van der Waals surface area (Å²) in [5, 5.41) is 0. The summed E-state index contributed by atoms with van der Waals surface area (Å²) in [5.41, 5.74) is 25.4. The Hall–Kier alpha value is -8.32. The molecule has 0 nitrogen and oxygen atoms in total. The second-order valence-electron chi connectivity index (χ2n) is 21.1. The van der Waals surface area contributed by atoms with Gasteiger partial charge in [0.25, 0.3) is 0 Å². The first kappa shape index (κ1) is 50.8. The Labute approximate surface area is 459 Å². The zero-order chi connectivity index (χ0) is 52.2. The van der Waals surface area contributed by atoms with Crippen LogP contribution in [0.5, 0.6) is 0 Å². The highest BCUT2D eigenvalue weighted by molar-refractivity contribution is 6.06. The monoisotopic (exact) mass is 995 g/mol. The van der Waals surface area contributed by atoms with Crippen molar-refractivity contribution >= 4 is 22.3 Å². The quantitative estimate of drug-likeness (QED) is 0.0527. The molecule has 0 heteroatoms. The van der Waals surface area contributed by atoms with Crippen molar-refractivity contribution in [3.63, 3.8) is 0 Å². The van der Waals surface area contributed by atoms with Crippen LogP contribution in [0.3, 0.4) is 0 Å². The molecule has 1 aliphatic carbocycles. The van der Waals surface area contributed by atoms with Crippen molar-refractivity contribution in [2.75, 3.05) is 0 Å². The molecule has 0 fully saturated rings. The van der Waals surface area contributed by atoms with Crippen LogP contribution in [0.25, 0.3) is 55.7 Å². The minimum atomic E-state index is -0.0784. The number of unbranched alkanes of at least 4 members (excludes halogenated alkanes) is 6. The minimum absolute atomic E-state index is 0.0784. The molecule has 0 aromatic heterocycles. The Morgan fingerprint density at radius 3 is 0.753 bits per heavy atom. The van der Waals surface area contributed by atoms with Crippen LogP contribution in [0.1, 0.15) is 134 Å². The second-order valence-corrected chi connectivity index (χ2v) is 21.1. The molecule has 0 saturated heterocycles. The molecular formula is C77H70. The van der Waals surface area contributed by atoms with E-state index in [1.807, 2.05) is 0 Å². The highest BCUT2D eigenvalue weighted by Gasteiger charge is 2.42. The molecule has 378 valence electrons. The van der Waals surface area contributed by atoms with Crippen molar-refractivity contribution in [2.45, 2.75) is 83.5 Å². The normalized spacial score (nSPS) is 12.1. The third-order valence-electron chi connectivity index (χ3n) is 16.2. The highest BCUT2D eigenvalue weighted by Crippen LogP contribution is 2.56. The molecule has 0 aliphatic heterocycles. The molecule has 10 aromatic carbocycles. The molecule has 11 rings (SSSR count). The van der Waals surface area contributed by atoms with E-state index in [1.54, 1.807) is 0 Å². The first-order valence-corrected chi connectivity index (χ1v) is 28.5. The zero-order valence-corrected chi connectivity index (χ0v) is 45.0. The zero-order valence-electron chi connectivity index (χ0n) is 45.0. The van der Waals surface area contributed by atoms with Gasteiger partial charge in [0.1, 0.15) is 0 Å². The van der Waals surface area contributed by atoms with Gasteiger partial charge in [-0.15, -0.1) is 0 Å².